The maximum absolute atomic E-state index is 14.0. The van der Waals surface area contributed by atoms with Crippen molar-refractivity contribution >= 4 is 23.4 Å². The molecule has 3 rings (SSSR count). The molecule has 0 aliphatic carbocycles. The first-order valence-corrected chi connectivity index (χ1v) is 11.1. The van der Waals surface area contributed by atoms with Gasteiger partial charge in [0.1, 0.15) is 0 Å². The molecular formula is C24H32N4O8. The average Bonchev–Trinajstić information content (AvgIpc) is 2.91. The van der Waals surface area contributed by atoms with Gasteiger partial charge in [0.25, 0.3) is 0 Å². The van der Waals surface area contributed by atoms with Gasteiger partial charge in [-0.15, -0.1) is 0 Å². The van der Waals surface area contributed by atoms with Crippen molar-refractivity contribution in [3.63, 3.8) is 0 Å². The lowest BCUT2D eigenvalue weighted by molar-refractivity contribution is 0.152. The summed E-state index contributed by atoms with van der Waals surface area (Å²) in [5.74, 6) is 2.25. The van der Waals surface area contributed by atoms with Crippen molar-refractivity contribution in [1.82, 2.24) is 9.80 Å². The number of nitrogens with two attached hydrogens (primary N) is 1. The molecule has 0 aromatic heterocycles. The molecule has 4 amide bonds. The van der Waals surface area contributed by atoms with Crippen LogP contribution in [0, 0.1) is 0 Å². The Balaban J connectivity index is 2.17. The second kappa shape index (κ2) is 11.5. The van der Waals surface area contributed by atoms with Gasteiger partial charge in [-0.25, -0.2) is 9.59 Å². The monoisotopic (exact) mass is 504 g/mol. The third-order valence-electron chi connectivity index (χ3n) is 5.87. The van der Waals surface area contributed by atoms with Gasteiger partial charge in [0.15, 0.2) is 23.0 Å². The number of piperazine rings is 1. The van der Waals surface area contributed by atoms with Gasteiger partial charge < -0.3 is 44.0 Å². The molecule has 0 radical (unpaired) electrons. The van der Waals surface area contributed by atoms with Crippen LogP contribution < -0.4 is 39.1 Å². The number of carbonyl (C=O) groups excluding carboxylic acids is 2. The Bertz CT molecular complexity index is 988. The zero-order chi connectivity index (χ0) is 26.4. The topological polar surface area (TPSA) is 125 Å². The van der Waals surface area contributed by atoms with Crippen LogP contribution in [0.2, 0.25) is 0 Å². The number of primary amides is 1. The van der Waals surface area contributed by atoms with Gasteiger partial charge in [0, 0.05) is 50.4 Å². The number of rotatable bonds is 8. The molecule has 0 unspecified atom stereocenters. The van der Waals surface area contributed by atoms with E-state index in [2.05, 4.69) is 0 Å². The second-order valence-corrected chi connectivity index (χ2v) is 7.70. The summed E-state index contributed by atoms with van der Waals surface area (Å²) < 4.78 is 32.9. The molecule has 1 aliphatic rings. The van der Waals surface area contributed by atoms with Gasteiger partial charge >= 0.3 is 12.1 Å². The molecule has 0 spiro atoms. The standard InChI is InChI=1S/C24H32N4O8/c1-31-17-11-15(12-18(32-2)21(17)35-5)28(24(30)27-9-7-26(8-10-27)23(25)29)16-13-19(33-3)22(36-6)20(14-16)34-4/h11-14H,7-10H2,1-6H3,(H2,25,29). The molecule has 2 aromatic carbocycles. The zero-order valence-corrected chi connectivity index (χ0v) is 21.3. The fourth-order valence-corrected chi connectivity index (χ4v) is 4.02. The first-order valence-electron chi connectivity index (χ1n) is 11.1. The molecule has 2 N–H and O–H groups in total. The van der Waals surface area contributed by atoms with Gasteiger partial charge in [-0.1, -0.05) is 0 Å². The minimum absolute atomic E-state index is 0.299. The van der Waals surface area contributed by atoms with E-state index in [0.29, 0.717) is 72.1 Å². The number of anilines is 2. The van der Waals surface area contributed by atoms with Gasteiger partial charge in [-0.05, 0) is 0 Å². The summed E-state index contributed by atoms with van der Waals surface area (Å²) in [7, 11) is 8.98. The maximum Gasteiger partial charge on any atom is 0.329 e. The minimum atomic E-state index is -0.520. The van der Waals surface area contributed by atoms with Crippen LogP contribution in [-0.4, -0.2) is 90.7 Å². The van der Waals surface area contributed by atoms with Crippen LogP contribution in [0.25, 0.3) is 0 Å². The molecule has 196 valence electrons. The first-order chi connectivity index (χ1) is 17.3. The number of hydrogen-bond acceptors (Lipinski definition) is 8. The van der Waals surface area contributed by atoms with E-state index in [0.717, 1.165) is 0 Å². The summed E-state index contributed by atoms with van der Waals surface area (Å²) in [6.45, 7) is 1.24. The summed E-state index contributed by atoms with van der Waals surface area (Å²) >= 11 is 0. The first kappa shape index (κ1) is 26.4. The number of hydrogen-bond donors (Lipinski definition) is 1. The molecule has 2 aromatic rings. The van der Waals surface area contributed by atoms with E-state index < -0.39 is 6.03 Å². The highest BCUT2D eigenvalue weighted by Gasteiger charge is 2.31. The van der Waals surface area contributed by atoms with E-state index in [1.54, 1.807) is 29.2 Å². The molecule has 1 saturated heterocycles. The molecular weight excluding hydrogens is 472 g/mol. The van der Waals surface area contributed by atoms with Crippen molar-refractivity contribution in [2.45, 2.75) is 0 Å². The van der Waals surface area contributed by atoms with Crippen LogP contribution in [0.15, 0.2) is 24.3 Å². The number of amides is 4. The Morgan fingerprint density at radius 1 is 0.639 bits per heavy atom. The Morgan fingerprint density at radius 2 is 0.972 bits per heavy atom. The predicted octanol–water partition coefficient (Wildman–Crippen LogP) is 2.69. The fourth-order valence-electron chi connectivity index (χ4n) is 4.02. The van der Waals surface area contributed by atoms with E-state index >= 15 is 0 Å². The molecule has 12 heteroatoms. The van der Waals surface area contributed by atoms with Gasteiger partial charge in [-0.3, -0.25) is 4.90 Å². The van der Waals surface area contributed by atoms with Crippen LogP contribution in [0.1, 0.15) is 0 Å². The van der Waals surface area contributed by atoms with Crippen LogP contribution in [0.3, 0.4) is 0 Å². The highest BCUT2D eigenvalue weighted by molar-refractivity contribution is 6.01. The van der Waals surface area contributed by atoms with Gasteiger partial charge in [0.05, 0.1) is 54.0 Å². The van der Waals surface area contributed by atoms with E-state index in [9.17, 15) is 9.59 Å². The average molecular weight is 505 g/mol. The summed E-state index contributed by atoms with van der Waals surface area (Å²) in [5, 5.41) is 0. The van der Waals surface area contributed by atoms with Crippen LogP contribution >= 0.6 is 0 Å². The zero-order valence-electron chi connectivity index (χ0n) is 21.3. The van der Waals surface area contributed by atoms with E-state index in [1.807, 2.05) is 0 Å². The molecule has 12 nitrogen and oxygen atoms in total. The molecule has 0 atom stereocenters. The highest BCUT2D eigenvalue weighted by atomic mass is 16.5. The molecule has 1 heterocycles. The lowest BCUT2D eigenvalue weighted by Gasteiger charge is -2.37. The van der Waals surface area contributed by atoms with Crippen LogP contribution in [0.4, 0.5) is 21.0 Å². The number of urea groups is 2. The SMILES string of the molecule is COc1cc(N(C(=O)N2CCN(C(N)=O)CC2)c2cc(OC)c(OC)c(OC)c2)cc(OC)c1OC. The number of ether oxygens (including phenoxy) is 6. The molecule has 36 heavy (non-hydrogen) atoms. The Morgan fingerprint density at radius 3 is 1.25 bits per heavy atom. The lowest BCUT2D eigenvalue weighted by Crippen LogP contribution is -2.54. The van der Waals surface area contributed by atoms with Gasteiger partial charge in [-0.2, -0.15) is 0 Å². The Hall–Kier alpha value is -4.22. The Labute approximate surface area is 209 Å². The van der Waals surface area contributed by atoms with E-state index in [-0.39, 0.29) is 6.03 Å². The summed E-state index contributed by atoms with van der Waals surface area (Å²) in [5.41, 5.74) is 6.30. The van der Waals surface area contributed by atoms with Crippen molar-refractivity contribution < 1.29 is 38.0 Å². The number of nitrogens with zero attached hydrogens (tertiary/aromatic N) is 3. The fraction of sp³-hybridized carbons (Fsp3) is 0.417. The largest absolute Gasteiger partial charge is 0.493 e. The van der Waals surface area contributed by atoms with Crippen molar-refractivity contribution in [2.75, 3.05) is 73.7 Å². The molecule has 0 bridgehead atoms. The number of benzene rings is 2. The summed E-state index contributed by atoms with van der Waals surface area (Å²) in [4.78, 5) is 30.1. The van der Waals surface area contributed by atoms with E-state index in [4.69, 9.17) is 34.2 Å². The highest BCUT2D eigenvalue weighted by Crippen LogP contribution is 2.46. The molecule has 1 fully saturated rings. The van der Waals surface area contributed by atoms with Crippen LogP contribution in [0.5, 0.6) is 34.5 Å². The van der Waals surface area contributed by atoms with Crippen molar-refractivity contribution in [2.24, 2.45) is 5.73 Å². The molecule has 0 saturated carbocycles. The van der Waals surface area contributed by atoms with Crippen molar-refractivity contribution in [3.05, 3.63) is 24.3 Å². The van der Waals surface area contributed by atoms with E-state index in [1.165, 1.54) is 52.5 Å². The lowest BCUT2D eigenvalue weighted by atomic mass is 10.2. The number of carbonyl (C=O) groups is 2. The molecule has 1 aliphatic heterocycles. The minimum Gasteiger partial charge on any atom is -0.493 e. The predicted molar refractivity (Wildman–Crippen MR) is 132 cm³/mol. The quantitative estimate of drug-likeness (QED) is 0.582. The third-order valence-corrected chi connectivity index (χ3v) is 5.87. The van der Waals surface area contributed by atoms with Crippen LogP contribution in [-0.2, 0) is 0 Å². The Kier molecular flexibility index (Phi) is 8.41. The summed E-state index contributed by atoms with van der Waals surface area (Å²) in [6.07, 6.45) is 0. The normalized spacial score (nSPS) is 13.1. The summed E-state index contributed by atoms with van der Waals surface area (Å²) in [6, 6.07) is 5.81. The number of methoxy groups -OCH3 is 6. The maximum atomic E-state index is 14.0. The second-order valence-electron chi connectivity index (χ2n) is 7.70. The van der Waals surface area contributed by atoms with Gasteiger partial charge in [0.2, 0.25) is 11.5 Å². The van der Waals surface area contributed by atoms with Crippen molar-refractivity contribution in [3.8, 4) is 34.5 Å². The third kappa shape index (κ3) is 5.07. The smallest absolute Gasteiger partial charge is 0.329 e. The van der Waals surface area contributed by atoms with Crippen molar-refractivity contribution in [1.29, 1.82) is 0 Å².